The molecule has 1 aliphatic heterocycles. The van der Waals surface area contributed by atoms with Crippen LogP contribution in [0.25, 0.3) is 0 Å². The van der Waals surface area contributed by atoms with Gasteiger partial charge >= 0.3 is 0 Å². The van der Waals surface area contributed by atoms with Crippen molar-refractivity contribution >= 4 is 7.85 Å². The second kappa shape index (κ2) is 33.1. The molecule has 1 rings (SSSR count). The molecule has 4 nitrogen and oxygen atoms in total. The molecule has 0 aromatic heterocycles. The summed E-state index contributed by atoms with van der Waals surface area (Å²) >= 11 is 0. The Kier molecular flexibility index (Phi) is 34.9. The SMILES string of the molecule is CC.CC.[B]C1OC(COC)C(OC)C1OCCCCCCCCCCCCCCCCCCCCCC. The third-order valence-electron chi connectivity index (χ3n) is 7.26. The van der Waals surface area contributed by atoms with Gasteiger partial charge in [0.25, 0.3) is 0 Å². The highest BCUT2D eigenvalue weighted by atomic mass is 16.6. The van der Waals surface area contributed by atoms with Gasteiger partial charge in [-0.3, -0.25) is 0 Å². The Morgan fingerprint density at radius 2 is 0.921 bits per heavy atom. The van der Waals surface area contributed by atoms with Gasteiger partial charge in [-0.25, -0.2) is 0 Å². The zero-order chi connectivity index (χ0) is 28.7. The van der Waals surface area contributed by atoms with Crippen molar-refractivity contribution in [1.29, 1.82) is 0 Å². The highest BCUT2D eigenvalue weighted by Gasteiger charge is 2.42. The van der Waals surface area contributed by atoms with Gasteiger partial charge in [0.2, 0.25) is 0 Å². The van der Waals surface area contributed by atoms with Crippen molar-refractivity contribution in [2.45, 2.75) is 187 Å². The molecular weight excluding hydrogens is 471 g/mol. The van der Waals surface area contributed by atoms with Gasteiger partial charge in [-0.1, -0.05) is 157 Å². The first-order valence-electron chi connectivity index (χ1n) is 16.8. The minimum atomic E-state index is -0.435. The second-order valence-electron chi connectivity index (χ2n) is 10.3. The van der Waals surface area contributed by atoms with Gasteiger partial charge in [0.05, 0.1) is 6.61 Å². The Morgan fingerprint density at radius 3 is 1.26 bits per heavy atom. The van der Waals surface area contributed by atoms with Crippen LogP contribution in [0.5, 0.6) is 0 Å². The van der Waals surface area contributed by atoms with Crippen LogP contribution < -0.4 is 0 Å². The van der Waals surface area contributed by atoms with E-state index in [-0.39, 0.29) is 18.3 Å². The minimum Gasteiger partial charge on any atom is -0.382 e. The van der Waals surface area contributed by atoms with Crippen LogP contribution in [0, 0.1) is 0 Å². The summed E-state index contributed by atoms with van der Waals surface area (Å²) in [7, 11) is 9.42. The largest absolute Gasteiger partial charge is 0.382 e. The maximum absolute atomic E-state index is 6.07. The lowest BCUT2D eigenvalue weighted by Gasteiger charge is -2.22. The van der Waals surface area contributed by atoms with Crippen molar-refractivity contribution in [1.82, 2.24) is 0 Å². The highest BCUT2D eigenvalue weighted by Crippen LogP contribution is 2.25. The standard InChI is InChI=1S/C29H57BO4.2C2H6/c1-4-5-6-7-8-9-10-11-12-13-14-15-16-17-18-19-20-21-22-23-24-33-28-27(32-3)26(25-31-2)34-29(28)30;2*1-2/h26-29H,4-25H2,1-3H3;2*1-2H3. The maximum Gasteiger partial charge on any atom is 0.113 e. The number of rotatable bonds is 25. The van der Waals surface area contributed by atoms with E-state index in [0.29, 0.717) is 6.61 Å². The molecule has 2 radical (unpaired) electrons. The number of methoxy groups -OCH3 is 2. The van der Waals surface area contributed by atoms with Gasteiger partial charge in [0.15, 0.2) is 0 Å². The summed E-state index contributed by atoms with van der Waals surface area (Å²) in [5.41, 5.74) is 0. The van der Waals surface area contributed by atoms with Gasteiger partial charge in [-0.2, -0.15) is 0 Å². The molecule has 1 aliphatic rings. The predicted molar refractivity (Wildman–Crippen MR) is 168 cm³/mol. The number of ether oxygens (including phenoxy) is 4. The van der Waals surface area contributed by atoms with Gasteiger partial charge in [0.1, 0.15) is 26.2 Å². The van der Waals surface area contributed by atoms with Crippen LogP contribution in [-0.4, -0.2) is 59.6 Å². The van der Waals surface area contributed by atoms with Crippen LogP contribution in [0.15, 0.2) is 0 Å². The summed E-state index contributed by atoms with van der Waals surface area (Å²) in [5.74, 6) is 0. The zero-order valence-corrected chi connectivity index (χ0v) is 27.1. The molecule has 4 unspecified atom stereocenters. The van der Waals surface area contributed by atoms with Crippen molar-refractivity contribution < 1.29 is 18.9 Å². The minimum absolute atomic E-state index is 0.148. The van der Waals surface area contributed by atoms with Crippen LogP contribution in [0.2, 0.25) is 0 Å². The average Bonchev–Trinajstić information content (AvgIpc) is 3.25. The Balaban J connectivity index is 0. The first-order valence-corrected chi connectivity index (χ1v) is 16.8. The molecule has 4 atom stereocenters. The van der Waals surface area contributed by atoms with Gasteiger partial charge in [0, 0.05) is 26.8 Å². The van der Waals surface area contributed by atoms with Crippen LogP contribution >= 0.6 is 0 Å². The van der Waals surface area contributed by atoms with E-state index in [1.165, 1.54) is 122 Å². The van der Waals surface area contributed by atoms with Crippen LogP contribution in [0.4, 0.5) is 0 Å². The first-order chi connectivity index (χ1) is 18.7. The van der Waals surface area contributed by atoms with Gasteiger partial charge in [-0.05, 0) is 6.42 Å². The molecule has 0 N–H and O–H groups in total. The highest BCUT2D eigenvalue weighted by molar-refractivity contribution is 6.11. The third kappa shape index (κ3) is 22.7. The van der Waals surface area contributed by atoms with E-state index in [1.54, 1.807) is 14.2 Å². The van der Waals surface area contributed by atoms with Crippen LogP contribution in [0.3, 0.4) is 0 Å². The number of hydrogen-bond donors (Lipinski definition) is 0. The van der Waals surface area contributed by atoms with Crippen LogP contribution in [0.1, 0.15) is 163 Å². The molecule has 0 amide bonds. The van der Waals surface area contributed by atoms with Crippen molar-refractivity contribution in [3.05, 3.63) is 0 Å². The average molecular weight is 541 g/mol. The molecule has 0 aromatic rings. The quantitative estimate of drug-likeness (QED) is 0.0853. The van der Waals surface area contributed by atoms with E-state index in [1.807, 2.05) is 27.7 Å². The van der Waals surface area contributed by atoms with E-state index < -0.39 is 6.00 Å². The van der Waals surface area contributed by atoms with Crippen molar-refractivity contribution in [3.8, 4) is 0 Å². The normalized spacial score (nSPS) is 20.5. The number of hydrogen-bond acceptors (Lipinski definition) is 4. The fraction of sp³-hybridized carbons (Fsp3) is 1.00. The van der Waals surface area contributed by atoms with E-state index in [4.69, 9.17) is 26.8 Å². The van der Waals surface area contributed by atoms with E-state index in [2.05, 4.69) is 6.92 Å². The molecule has 0 aromatic carbocycles. The molecule has 38 heavy (non-hydrogen) atoms. The predicted octanol–water partition coefficient (Wildman–Crippen LogP) is 9.80. The Labute approximate surface area is 241 Å². The first kappa shape index (κ1) is 40.0. The molecule has 1 fully saturated rings. The zero-order valence-electron chi connectivity index (χ0n) is 27.1. The summed E-state index contributed by atoms with van der Waals surface area (Å²) in [4.78, 5) is 0. The molecular formula is C33H69BO4. The van der Waals surface area contributed by atoms with Gasteiger partial charge < -0.3 is 18.9 Å². The third-order valence-corrected chi connectivity index (χ3v) is 7.26. The second-order valence-corrected chi connectivity index (χ2v) is 10.3. The van der Waals surface area contributed by atoms with E-state index >= 15 is 0 Å². The monoisotopic (exact) mass is 541 g/mol. The summed E-state index contributed by atoms with van der Waals surface area (Å²) in [6.45, 7) is 11.5. The summed E-state index contributed by atoms with van der Waals surface area (Å²) < 4.78 is 22.5. The summed E-state index contributed by atoms with van der Waals surface area (Å²) in [6.07, 6.45) is 27.4. The van der Waals surface area contributed by atoms with Gasteiger partial charge in [-0.15, -0.1) is 0 Å². The van der Waals surface area contributed by atoms with E-state index in [9.17, 15) is 0 Å². The molecule has 0 saturated carbocycles. The maximum atomic E-state index is 6.07. The lowest BCUT2D eigenvalue weighted by molar-refractivity contribution is -0.0562. The van der Waals surface area contributed by atoms with Crippen molar-refractivity contribution in [2.24, 2.45) is 0 Å². The molecule has 1 saturated heterocycles. The van der Waals surface area contributed by atoms with Crippen molar-refractivity contribution in [2.75, 3.05) is 27.4 Å². The molecule has 0 bridgehead atoms. The topological polar surface area (TPSA) is 36.9 Å². The molecule has 228 valence electrons. The molecule has 0 aliphatic carbocycles. The van der Waals surface area contributed by atoms with E-state index in [0.717, 1.165) is 13.0 Å². The molecule has 1 heterocycles. The van der Waals surface area contributed by atoms with Crippen molar-refractivity contribution in [3.63, 3.8) is 0 Å². The van der Waals surface area contributed by atoms with Crippen LogP contribution in [-0.2, 0) is 18.9 Å². The Bertz CT molecular complexity index is 424. The summed E-state index contributed by atoms with van der Waals surface area (Å²) in [6, 6.07) is -0.435. The fourth-order valence-electron chi connectivity index (χ4n) is 5.11. The number of unbranched alkanes of at least 4 members (excludes halogenated alkanes) is 19. The Morgan fingerprint density at radius 1 is 0.553 bits per heavy atom. The molecule has 0 spiro atoms. The lowest BCUT2D eigenvalue weighted by atomic mass is 9.92. The smallest absolute Gasteiger partial charge is 0.113 e. The Hall–Kier alpha value is -0.0951. The molecule has 5 heteroatoms. The summed E-state index contributed by atoms with van der Waals surface area (Å²) in [5, 5.41) is 0. The fourth-order valence-corrected chi connectivity index (χ4v) is 5.11. The lowest BCUT2D eigenvalue weighted by Crippen LogP contribution is -2.38.